The highest BCUT2D eigenvalue weighted by Gasteiger charge is 2.67. The van der Waals surface area contributed by atoms with Crippen molar-refractivity contribution < 1.29 is 9.53 Å². The van der Waals surface area contributed by atoms with Gasteiger partial charge in [-0.2, -0.15) is 5.10 Å². The van der Waals surface area contributed by atoms with E-state index in [-0.39, 0.29) is 11.7 Å². The highest BCUT2D eigenvalue weighted by Crippen LogP contribution is 2.70. The van der Waals surface area contributed by atoms with Crippen LogP contribution in [0.1, 0.15) is 29.8 Å². The molecular weight excluding hydrogens is 228 g/mol. The zero-order chi connectivity index (χ0) is 12.4. The number of nitrogens with zero attached hydrogens (tertiary/aromatic N) is 2. The van der Waals surface area contributed by atoms with E-state index in [1.165, 1.54) is 19.3 Å². The number of ether oxygens (including phenoxy) is 1. The minimum atomic E-state index is 0.262. The molecule has 0 spiro atoms. The Bertz CT molecular complexity index is 506. The summed E-state index contributed by atoms with van der Waals surface area (Å²) >= 11 is 0. The van der Waals surface area contributed by atoms with Crippen molar-refractivity contribution in [3.05, 3.63) is 11.9 Å². The lowest BCUT2D eigenvalue weighted by atomic mass is 9.98. The highest BCUT2D eigenvalue weighted by atomic mass is 16.5. The van der Waals surface area contributed by atoms with Crippen molar-refractivity contribution in [1.29, 1.82) is 0 Å². The normalized spacial score (nSPS) is 39.8. The lowest BCUT2D eigenvalue weighted by Gasteiger charge is -2.09. The van der Waals surface area contributed by atoms with Gasteiger partial charge in [0.25, 0.3) is 0 Å². The van der Waals surface area contributed by atoms with Gasteiger partial charge in [0.15, 0.2) is 11.5 Å². The number of hydrogen-bond donors (Lipinski definition) is 0. The van der Waals surface area contributed by atoms with Crippen LogP contribution in [0.15, 0.2) is 6.20 Å². The molecule has 3 fully saturated rings. The van der Waals surface area contributed by atoms with Crippen molar-refractivity contribution in [1.82, 2.24) is 9.78 Å². The fourth-order valence-corrected chi connectivity index (χ4v) is 4.68. The lowest BCUT2D eigenvalue weighted by Crippen LogP contribution is -2.15. The van der Waals surface area contributed by atoms with E-state index in [9.17, 15) is 4.79 Å². The van der Waals surface area contributed by atoms with Crippen molar-refractivity contribution in [3.63, 3.8) is 0 Å². The maximum atomic E-state index is 12.7. The minimum absolute atomic E-state index is 0.262. The van der Waals surface area contributed by atoms with Gasteiger partial charge in [0.05, 0.1) is 13.3 Å². The van der Waals surface area contributed by atoms with Crippen molar-refractivity contribution in [2.24, 2.45) is 36.6 Å². The van der Waals surface area contributed by atoms with Crippen LogP contribution < -0.4 is 4.74 Å². The summed E-state index contributed by atoms with van der Waals surface area (Å²) in [7, 11) is 3.42. The first-order chi connectivity index (χ1) is 8.72. The largest absolute Gasteiger partial charge is 0.493 e. The fourth-order valence-electron chi connectivity index (χ4n) is 4.68. The van der Waals surface area contributed by atoms with Gasteiger partial charge in [0.1, 0.15) is 5.69 Å². The first kappa shape index (κ1) is 10.6. The summed E-state index contributed by atoms with van der Waals surface area (Å²) in [5, 5.41) is 4.14. The number of carbonyl (C=O) groups is 1. The predicted molar refractivity (Wildman–Crippen MR) is 65.4 cm³/mol. The molecule has 96 valence electrons. The third-order valence-electron chi connectivity index (χ3n) is 5.40. The number of carbonyl (C=O) groups excluding carboxylic acids is 1. The van der Waals surface area contributed by atoms with Crippen LogP contribution in [0, 0.1) is 29.6 Å². The van der Waals surface area contributed by atoms with Crippen LogP contribution in [-0.4, -0.2) is 22.7 Å². The number of ketones is 1. The molecule has 2 bridgehead atoms. The van der Waals surface area contributed by atoms with Crippen LogP contribution in [0.25, 0.3) is 0 Å². The number of Topliss-reactive ketones (excluding diaryl/α,β-unsaturated/α-hetero) is 1. The van der Waals surface area contributed by atoms with E-state index in [1.54, 1.807) is 18.0 Å². The molecule has 18 heavy (non-hydrogen) atoms. The molecule has 4 atom stereocenters. The third-order valence-corrected chi connectivity index (χ3v) is 5.40. The van der Waals surface area contributed by atoms with E-state index >= 15 is 0 Å². The molecule has 4 unspecified atom stereocenters. The first-order valence-corrected chi connectivity index (χ1v) is 6.82. The fraction of sp³-hybridized carbons (Fsp3) is 0.714. The maximum Gasteiger partial charge on any atom is 0.188 e. The maximum absolute atomic E-state index is 12.7. The Morgan fingerprint density at radius 2 is 2.06 bits per heavy atom. The summed E-state index contributed by atoms with van der Waals surface area (Å²) < 4.78 is 6.92. The molecular formula is C14H18N2O2. The van der Waals surface area contributed by atoms with Gasteiger partial charge in [-0.3, -0.25) is 9.48 Å². The van der Waals surface area contributed by atoms with Crippen LogP contribution in [-0.2, 0) is 7.05 Å². The van der Waals surface area contributed by atoms with Crippen molar-refractivity contribution in [2.75, 3.05) is 7.11 Å². The smallest absolute Gasteiger partial charge is 0.188 e. The summed E-state index contributed by atoms with van der Waals surface area (Å²) in [5.41, 5.74) is 0.663. The summed E-state index contributed by atoms with van der Waals surface area (Å²) in [6.45, 7) is 0. The zero-order valence-corrected chi connectivity index (χ0v) is 10.8. The second kappa shape index (κ2) is 3.37. The highest BCUT2D eigenvalue weighted by molar-refractivity contribution is 6.01. The topological polar surface area (TPSA) is 44.1 Å². The Hall–Kier alpha value is -1.32. The molecule has 3 aliphatic rings. The number of methoxy groups -OCH3 is 1. The Morgan fingerprint density at radius 1 is 1.39 bits per heavy atom. The van der Waals surface area contributed by atoms with E-state index < -0.39 is 0 Å². The van der Waals surface area contributed by atoms with Gasteiger partial charge in [0.2, 0.25) is 0 Å². The Labute approximate surface area is 106 Å². The zero-order valence-electron chi connectivity index (χ0n) is 10.8. The number of hydrogen-bond acceptors (Lipinski definition) is 3. The predicted octanol–water partition coefficient (Wildman–Crippen LogP) is 1.90. The molecule has 0 N–H and O–H groups in total. The van der Waals surface area contributed by atoms with Crippen LogP contribution in [0.4, 0.5) is 0 Å². The molecule has 0 saturated heterocycles. The van der Waals surface area contributed by atoms with E-state index in [0.717, 1.165) is 11.8 Å². The molecule has 0 aliphatic heterocycles. The summed E-state index contributed by atoms with van der Waals surface area (Å²) in [6.07, 6.45) is 5.71. The Morgan fingerprint density at radius 3 is 2.67 bits per heavy atom. The van der Waals surface area contributed by atoms with E-state index in [4.69, 9.17) is 4.74 Å². The second-order valence-corrected chi connectivity index (χ2v) is 6.06. The monoisotopic (exact) mass is 246 g/mol. The minimum Gasteiger partial charge on any atom is -0.493 e. The van der Waals surface area contributed by atoms with Gasteiger partial charge >= 0.3 is 0 Å². The van der Waals surface area contributed by atoms with Gasteiger partial charge in [0, 0.05) is 13.0 Å². The molecule has 0 amide bonds. The van der Waals surface area contributed by atoms with Gasteiger partial charge in [-0.1, -0.05) is 0 Å². The lowest BCUT2D eigenvalue weighted by molar-refractivity contribution is 0.0932. The molecule has 4 nitrogen and oxygen atoms in total. The van der Waals surface area contributed by atoms with Crippen molar-refractivity contribution in [3.8, 4) is 5.75 Å². The van der Waals surface area contributed by atoms with E-state index in [2.05, 4.69) is 5.10 Å². The SMILES string of the molecule is COc1cnn(C)c1C(=O)C1C2C3CCC(C3)C12. The molecule has 4 heteroatoms. The molecule has 0 aromatic carbocycles. The summed E-state index contributed by atoms with van der Waals surface area (Å²) in [6, 6.07) is 0. The molecule has 3 aliphatic carbocycles. The third kappa shape index (κ3) is 1.16. The quantitative estimate of drug-likeness (QED) is 0.765. The van der Waals surface area contributed by atoms with Crippen LogP contribution in [0.3, 0.4) is 0 Å². The Balaban J connectivity index is 1.64. The standard InChI is InChI=1S/C14H18N2O2/c1-16-13(9(18-2)6-15-16)14(17)12-10-7-3-4-8(5-7)11(10)12/h6-8,10-12H,3-5H2,1-2H3. The van der Waals surface area contributed by atoms with Gasteiger partial charge in [-0.25, -0.2) is 0 Å². The van der Waals surface area contributed by atoms with Gasteiger partial charge in [-0.15, -0.1) is 0 Å². The second-order valence-electron chi connectivity index (χ2n) is 6.06. The molecule has 1 heterocycles. The number of rotatable bonds is 3. The number of aryl methyl sites for hydroxylation is 1. The average Bonchev–Trinajstić information content (AvgIpc) is 2.71. The molecule has 3 saturated carbocycles. The molecule has 1 aromatic rings. The summed E-state index contributed by atoms with van der Waals surface area (Å²) in [4.78, 5) is 12.7. The average molecular weight is 246 g/mol. The first-order valence-electron chi connectivity index (χ1n) is 6.82. The van der Waals surface area contributed by atoms with Crippen molar-refractivity contribution >= 4 is 5.78 Å². The van der Waals surface area contributed by atoms with Crippen molar-refractivity contribution in [2.45, 2.75) is 19.3 Å². The molecule has 1 aromatic heterocycles. The summed E-state index contributed by atoms with van der Waals surface area (Å²) in [5.74, 6) is 4.16. The van der Waals surface area contributed by atoms with Gasteiger partial charge in [-0.05, 0) is 42.9 Å². The van der Waals surface area contributed by atoms with E-state index in [0.29, 0.717) is 23.3 Å². The molecule has 0 radical (unpaired) electrons. The number of fused-ring (bicyclic) bond motifs is 5. The Kier molecular flexibility index (Phi) is 1.98. The van der Waals surface area contributed by atoms with Crippen LogP contribution in [0.2, 0.25) is 0 Å². The number of aromatic nitrogens is 2. The van der Waals surface area contributed by atoms with Crippen LogP contribution in [0.5, 0.6) is 5.75 Å². The van der Waals surface area contributed by atoms with Crippen LogP contribution >= 0.6 is 0 Å². The molecule has 4 rings (SSSR count). The van der Waals surface area contributed by atoms with Gasteiger partial charge < -0.3 is 4.74 Å². The van der Waals surface area contributed by atoms with E-state index in [1.807, 2.05) is 7.05 Å².